The van der Waals surface area contributed by atoms with E-state index in [9.17, 15) is 9.59 Å². The number of urea groups is 1. The van der Waals surface area contributed by atoms with Crippen LogP contribution in [-0.2, 0) is 16.0 Å². The first kappa shape index (κ1) is 20.9. The Labute approximate surface area is 173 Å². The molecule has 2 aromatic carbocycles. The Hall–Kier alpha value is -2.82. The second kappa shape index (κ2) is 8.27. The van der Waals surface area contributed by atoms with Gasteiger partial charge in [-0.2, -0.15) is 0 Å². The van der Waals surface area contributed by atoms with E-state index in [-0.39, 0.29) is 18.0 Å². The van der Waals surface area contributed by atoms with Crippen LogP contribution in [0.2, 0.25) is 0 Å². The maximum absolute atomic E-state index is 13.2. The second-order valence-corrected chi connectivity index (χ2v) is 8.68. The molecule has 0 aromatic heterocycles. The Bertz CT molecular complexity index is 845. The van der Waals surface area contributed by atoms with Gasteiger partial charge in [0.1, 0.15) is 11.1 Å². The highest BCUT2D eigenvalue weighted by Gasteiger charge is 2.55. The normalized spacial score (nSPS) is 19.8. The number of benzene rings is 2. The summed E-state index contributed by atoms with van der Waals surface area (Å²) in [5, 5.41) is 3.04. The molecule has 2 atom stereocenters. The van der Waals surface area contributed by atoms with Crippen molar-refractivity contribution in [3.8, 4) is 0 Å². The molecular formula is C24H30N2O3. The fraction of sp³-hybridized carbons (Fsp3) is 0.417. The molecule has 2 amide bonds. The highest BCUT2D eigenvalue weighted by atomic mass is 16.6. The lowest BCUT2D eigenvalue weighted by Gasteiger charge is -2.51. The molecule has 29 heavy (non-hydrogen) atoms. The number of hydrogen-bond acceptors (Lipinski definition) is 3. The topological polar surface area (TPSA) is 58.6 Å². The van der Waals surface area contributed by atoms with Crippen molar-refractivity contribution in [2.24, 2.45) is 0 Å². The van der Waals surface area contributed by atoms with Gasteiger partial charge in [0.15, 0.2) is 0 Å². The molecule has 0 spiro atoms. The minimum atomic E-state index is -0.977. The van der Waals surface area contributed by atoms with E-state index < -0.39 is 11.1 Å². The summed E-state index contributed by atoms with van der Waals surface area (Å²) in [5.41, 5.74) is 0.435. The zero-order chi connectivity index (χ0) is 21.1. The van der Waals surface area contributed by atoms with Crippen molar-refractivity contribution in [2.75, 3.05) is 6.54 Å². The van der Waals surface area contributed by atoms with Crippen molar-refractivity contribution in [3.05, 3.63) is 71.8 Å². The summed E-state index contributed by atoms with van der Waals surface area (Å²) >= 11 is 0. The van der Waals surface area contributed by atoms with Crippen molar-refractivity contribution >= 4 is 12.0 Å². The molecule has 3 rings (SSSR count). The molecule has 1 aliphatic rings. The third-order valence-corrected chi connectivity index (χ3v) is 5.27. The summed E-state index contributed by atoms with van der Waals surface area (Å²) in [7, 11) is 0. The molecule has 5 nitrogen and oxygen atoms in total. The zero-order valence-electron chi connectivity index (χ0n) is 17.6. The second-order valence-electron chi connectivity index (χ2n) is 8.68. The Balaban J connectivity index is 1.81. The molecule has 0 saturated carbocycles. The number of nitrogens with zero attached hydrogens (tertiary/aromatic N) is 1. The van der Waals surface area contributed by atoms with E-state index in [0.717, 1.165) is 11.1 Å². The maximum atomic E-state index is 13.2. The lowest BCUT2D eigenvalue weighted by molar-refractivity contribution is -0.175. The molecular weight excluding hydrogens is 364 g/mol. The molecule has 1 unspecified atom stereocenters. The van der Waals surface area contributed by atoms with Gasteiger partial charge < -0.3 is 15.0 Å². The molecule has 0 aliphatic carbocycles. The van der Waals surface area contributed by atoms with Gasteiger partial charge in [-0.3, -0.25) is 0 Å². The van der Waals surface area contributed by atoms with Crippen LogP contribution in [0.1, 0.15) is 51.3 Å². The number of rotatable bonds is 5. The molecule has 0 radical (unpaired) electrons. The average Bonchev–Trinajstić information content (AvgIpc) is 2.65. The number of carbonyl (C=O) groups is 2. The van der Waals surface area contributed by atoms with Crippen molar-refractivity contribution in [1.29, 1.82) is 0 Å². The SMILES string of the molecule is C[C@H](NC(=O)N1CCC1(Cc1ccccc1)C(=O)OC(C)(C)C)c1ccccc1. The Morgan fingerprint density at radius 2 is 1.66 bits per heavy atom. The number of likely N-dealkylation sites (tertiary alicyclic amines) is 1. The van der Waals surface area contributed by atoms with E-state index in [1.165, 1.54) is 0 Å². The highest BCUT2D eigenvalue weighted by Crippen LogP contribution is 2.37. The van der Waals surface area contributed by atoms with Crippen molar-refractivity contribution in [3.63, 3.8) is 0 Å². The van der Waals surface area contributed by atoms with E-state index in [4.69, 9.17) is 4.74 Å². The van der Waals surface area contributed by atoms with Gasteiger partial charge in [-0.25, -0.2) is 9.59 Å². The van der Waals surface area contributed by atoms with Crippen LogP contribution in [-0.4, -0.2) is 34.6 Å². The first-order chi connectivity index (χ1) is 13.7. The van der Waals surface area contributed by atoms with E-state index in [0.29, 0.717) is 19.4 Å². The molecule has 2 aromatic rings. The van der Waals surface area contributed by atoms with Crippen molar-refractivity contribution in [2.45, 2.75) is 57.7 Å². The van der Waals surface area contributed by atoms with Crippen LogP contribution >= 0.6 is 0 Å². The fourth-order valence-corrected chi connectivity index (χ4v) is 3.65. The van der Waals surface area contributed by atoms with Crippen LogP contribution in [0.3, 0.4) is 0 Å². The number of esters is 1. The highest BCUT2D eigenvalue weighted by molar-refractivity contribution is 5.90. The largest absolute Gasteiger partial charge is 0.458 e. The number of hydrogen-bond donors (Lipinski definition) is 1. The summed E-state index contributed by atoms with van der Waals surface area (Å²) < 4.78 is 5.73. The van der Waals surface area contributed by atoms with Crippen LogP contribution in [0.5, 0.6) is 0 Å². The van der Waals surface area contributed by atoms with E-state index in [2.05, 4.69) is 5.32 Å². The van der Waals surface area contributed by atoms with E-state index in [1.54, 1.807) is 4.90 Å². The lowest BCUT2D eigenvalue weighted by atomic mass is 9.79. The molecule has 5 heteroatoms. The van der Waals surface area contributed by atoms with Gasteiger partial charge in [0.25, 0.3) is 0 Å². The maximum Gasteiger partial charge on any atom is 0.333 e. The third-order valence-electron chi connectivity index (χ3n) is 5.27. The summed E-state index contributed by atoms with van der Waals surface area (Å²) in [6.45, 7) is 8.02. The first-order valence-corrected chi connectivity index (χ1v) is 10.1. The monoisotopic (exact) mass is 394 g/mol. The fourth-order valence-electron chi connectivity index (χ4n) is 3.65. The minimum Gasteiger partial charge on any atom is -0.458 e. The van der Waals surface area contributed by atoms with Gasteiger partial charge >= 0.3 is 12.0 Å². The molecule has 0 bridgehead atoms. The lowest BCUT2D eigenvalue weighted by Crippen LogP contribution is -2.70. The number of carbonyl (C=O) groups excluding carboxylic acids is 2. The zero-order valence-corrected chi connectivity index (χ0v) is 17.6. The van der Waals surface area contributed by atoms with Gasteiger partial charge in [-0.05, 0) is 45.2 Å². The number of ether oxygens (including phenoxy) is 1. The van der Waals surface area contributed by atoms with Gasteiger partial charge in [0.2, 0.25) is 0 Å². The summed E-state index contributed by atoms with van der Waals surface area (Å²) in [6, 6.07) is 19.2. The predicted octanol–water partition coefficient (Wildman–Crippen LogP) is 4.49. The molecule has 1 N–H and O–H groups in total. The predicted molar refractivity (Wildman–Crippen MR) is 113 cm³/mol. The van der Waals surface area contributed by atoms with Crippen LogP contribution < -0.4 is 5.32 Å². The quantitative estimate of drug-likeness (QED) is 0.761. The van der Waals surface area contributed by atoms with Crippen molar-refractivity contribution in [1.82, 2.24) is 10.2 Å². The molecule has 1 aliphatic heterocycles. The van der Waals surface area contributed by atoms with E-state index in [1.807, 2.05) is 88.4 Å². The van der Waals surface area contributed by atoms with Crippen molar-refractivity contribution < 1.29 is 14.3 Å². The van der Waals surface area contributed by atoms with Crippen LogP contribution in [0.25, 0.3) is 0 Å². The summed E-state index contributed by atoms with van der Waals surface area (Å²) in [5.74, 6) is -0.345. The summed E-state index contributed by atoms with van der Waals surface area (Å²) in [4.78, 5) is 27.9. The van der Waals surface area contributed by atoms with Gasteiger partial charge in [-0.15, -0.1) is 0 Å². The smallest absolute Gasteiger partial charge is 0.333 e. The molecule has 154 valence electrons. The van der Waals surface area contributed by atoms with Crippen LogP contribution in [0.4, 0.5) is 4.79 Å². The standard InChI is InChI=1S/C24H30N2O3/c1-18(20-13-9-6-10-14-20)25-22(28)26-16-15-24(26,21(27)29-23(2,3)4)17-19-11-7-5-8-12-19/h5-14,18H,15-17H2,1-4H3,(H,25,28)/t18-,24?/m0/s1. The molecule has 1 fully saturated rings. The van der Waals surface area contributed by atoms with Gasteiger partial charge in [-0.1, -0.05) is 60.7 Å². The molecule has 1 saturated heterocycles. The van der Waals surface area contributed by atoms with Gasteiger partial charge in [0.05, 0.1) is 6.04 Å². The molecule has 1 heterocycles. The minimum absolute atomic E-state index is 0.155. The first-order valence-electron chi connectivity index (χ1n) is 10.1. The van der Waals surface area contributed by atoms with Gasteiger partial charge in [0, 0.05) is 13.0 Å². The Morgan fingerprint density at radius 3 is 2.17 bits per heavy atom. The third kappa shape index (κ3) is 4.78. The average molecular weight is 395 g/mol. The van der Waals surface area contributed by atoms with Crippen LogP contribution in [0.15, 0.2) is 60.7 Å². The summed E-state index contributed by atoms with van der Waals surface area (Å²) in [6.07, 6.45) is 1.03. The number of amides is 2. The Kier molecular flexibility index (Phi) is 5.96. The van der Waals surface area contributed by atoms with Crippen LogP contribution in [0, 0.1) is 0 Å². The van der Waals surface area contributed by atoms with E-state index >= 15 is 0 Å². The Morgan fingerprint density at radius 1 is 1.07 bits per heavy atom. The number of nitrogens with one attached hydrogen (secondary N) is 1.